The minimum atomic E-state index is -0.160. The van der Waals surface area contributed by atoms with Crippen LogP contribution in [-0.4, -0.2) is 24.0 Å². The lowest BCUT2D eigenvalue weighted by Crippen LogP contribution is -2.35. The van der Waals surface area contributed by atoms with E-state index in [1.807, 2.05) is 12.1 Å². The van der Waals surface area contributed by atoms with Crippen molar-refractivity contribution in [1.29, 1.82) is 0 Å². The second kappa shape index (κ2) is 6.52. The minimum absolute atomic E-state index is 0.0459. The molecule has 0 spiro atoms. The normalized spacial score (nSPS) is 10.9. The van der Waals surface area contributed by atoms with Crippen molar-refractivity contribution in [3.63, 3.8) is 0 Å². The molecule has 1 aromatic carbocycles. The number of carbonyl (C=O) groups excluding carboxylic acids is 1. The van der Waals surface area contributed by atoms with Crippen LogP contribution in [-0.2, 0) is 4.79 Å². The van der Waals surface area contributed by atoms with Crippen molar-refractivity contribution in [1.82, 2.24) is 5.32 Å². The summed E-state index contributed by atoms with van der Waals surface area (Å²) in [6.07, 6.45) is 0. The molecule has 0 fully saturated rings. The van der Waals surface area contributed by atoms with Crippen LogP contribution < -0.4 is 15.8 Å². The lowest BCUT2D eigenvalue weighted by molar-refractivity contribution is -0.123. The number of amides is 1. The molecular weight excluding hydrogens is 260 g/mol. The van der Waals surface area contributed by atoms with Gasteiger partial charge in [-0.1, -0.05) is 45.1 Å². The molecule has 0 saturated carbocycles. The minimum Gasteiger partial charge on any atom is -0.483 e. The predicted octanol–water partition coefficient (Wildman–Crippen LogP) is 1.86. The fourth-order valence-electron chi connectivity index (χ4n) is 1.35. The molecular formula is C14H20N2O2S. The SMILES string of the molecule is CC(C)(C)CNC(=O)COc1ccccc1C(N)=S. The van der Waals surface area contributed by atoms with Crippen molar-refractivity contribution in [3.8, 4) is 5.75 Å². The fraction of sp³-hybridized carbons (Fsp3) is 0.429. The van der Waals surface area contributed by atoms with Gasteiger partial charge >= 0.3 is 0 Å². The first-order valence-corrected chi connectivity index (χ1v) is 6.49. The summed E-state index contributed by atoms with van der Waals surface area (Å²) >= 11 is 4.93. The average molecular weight is 280 g/mol. The molecule has 0 aliphatic rings. The van der Waals surface area contributed by atoms with E-state index in [0.29, 0.717) is 17.9 Å². The number of carbonyl (C=O) groups is 1. The highest BCUT2D eigenvalue weighted by molar-refractivity contribution is 7.80. The van der Waals surface area contributed by atoms with Crippen LogP contribution in [0, 0.1) is 5.41 Å². The second-order valence-corrected chi connectivity index (χ2v) is 5.93. The first kappa shape index (κ1) is 15.4. The van der Waals surface area contributed by atoms with Crippen LogP contribution >= 0.6 is 12.2 Å². The number of hydrogen-bond acceptors (Lipinski definition) is 3. The van der Waals surface area contributed by atoms with Gasteiger partial charge in [0.05, 0.1) is 5.56 Å². The van der Waals surface area contributed by atoms with Crippen molar-refractivity contribution < 1.29 is 9.53 Å². The highest BCUT2D eigenvalue weighted by atomic mass is 32.1. The van der Waals surface area contributed by atoms with Crippen LogP contribution in [0.1, 0.15) is 26.3 Å². The molecule has 0 aliphatic heterocycles. The molecule has 1 amide bonds. The maximum absolute atomic E-state index is 11.6. The van der Waals surface area contributed by atoms with E-state index in [1.165, 1.54) is 0 Å². The van der Waals surface area contributed by atoms with E-state index in [-0.39, 0.29) is 22.9 Å². The Morgan fingerprint density at radius 3 is 2.58 bits per heavy atom. The smallest absolute Gasteiger partial charge is 0.257 e. The first-order valence-electron chi connectivity index (χ1n) is 6.08. The van der Waals surface area contributed by atoms with Crippen LogP contribution in [0.5, 0.6) is 5.75 Å². The number of rotatable bonds is 5. The molecule has 0 saturated heterocycles. The monoisotopic (exact) mass is 280 g/mol. The van der Waals surface area contributed by atoms with Gasteiger partial charge in [-0.25, -0.2) is 0 Å². The molecule has 0 heterocycles. The highest BCUT2D eigenvalue weighted by Crippen LogP contribution is 2.17. The zero-order valence-corrected chi connectivity index (χ0v) is 12.3. The summed E-state index contributed by atoms with van der Waals surface area (Å²) in [4.78, 5) is 11.9. The van der Waals surface area contributed by atoms with Gasteiger partial charge in [0.15, 0.2) is 6.61 Å². The number of benzene rings is 1. The summed E-state index contributed by atoms with van der Waals surface area (Å²) < 4.78 is 5.45. The van der Waals surface area contributed by atoms with E-state index in [4.69, 9.17) is 22.7 Å². The van der Waals surface area contributed by atoms with Crippen molar-refractivity contribution >= 4 is 23.1 Å². The summed E-state index contributed by atoms with van der Waals surface area (Å²) in [5.74, 6) is 0.369. The maximum Gasteiger partial charge on any atom is 0.257 e. The second-order valence-electron chi connectivity index (χ2n) is 5.49. The van der Waals surface area contributed by atoms with Crippen molar-refractivity contribution in [2.45, 2.75) is 20.8 Å². The average Bonchev–Trinajstić information content (AvgIpc) is 2.33. The highest BCUT2D eigenvalue weighted by Gasteiger charge is 2.13. The Hall–Kier alpha value is -1.62. The molecule has 1 rings (SSSR count). The van der Waals surface area contributed by atoms with Crippen LogP contribution in [0.4, 0.5) is 0 Å². The molecule has 4 nitrogen and oxygen atoms in total. The van der Waals surface area contributed by atoms with Crippen molar-refractivity contribution in [2.24, 2.45) is 11.1 Å². The molecule has 3 N–H and O–H groups in total. The number of thiocarbonyl (C=S) groups is 1. The molecule has 1 aromatic rings. The van der Waals surface area contributed by atoms with Gasteiger partial charge in [-0.15, -0.1) is 0 Å². The van der Waals surface area contributed by atoms with Gasteiger partial charge < -0.3 is 15.8 Å². The zero-order chi connectivity index (χ0) is 14.5. The summed E-state index contributed by atoms with van der Waals surface area (Å²) in [6.45, 7) is 6.71. The lowest BCUT2D eigenvalue weighted by Gasteiger charge is -2.19. The van der Waals surface area contributed by atoms with Crippen molar-refractivity contribution in [2.75, 3.05) is 13.2 Å². The topological polar surface area (TPSA) is 64.3 Å². The third kappa shape index (κ3) is 5.70. The van der Waals surface area contributed by atoms with Crippen LogP contribution in [0.3, 0.4) is 0 Å². The Labute approximate surface area is 119 Å². The molecule has 104 valence electrons. The fourth-order valence-corrected chi connectivity index (χ4v) is 1.52. The molecule has 0 radical (unpaired) electrons. The van der Waals surface area contributed by atoms with Gasteiger partial charge in [0.1, 0.15) is 10.7 Å². The van der Waals surface area contributed by atoms with E-state index in [1.54, 1.807) is 12.1 Å². The summed E-state index contributed by atoms with van der Waals surface area (Å²) in [5, 5.41) is 2.81. The Balaban J connectivity index is 2.53. The van der Waals surface area contributed by atoms with Crippen molar-refractivity contribution in [3.05, 3.63) is 29.8 Å². The van der Waals surface area contributed by atoms with E-state index >= 15 is 0 Å². The first-order chi connectivity index (χ1) is 8.79. The van der Waals surface area contributed by atoms with Crippen LogP contribution in [0.25, 0.3) is 0 Å². The van der Waals surface area contributed by atoms with E-state index in [9.17, 15) is 4.79 Å². The largest absolute Gasteiger partial charge is 0.483 e. The third-order valence-corrected chi connectivity index (χ3v) is 2.55. The van der Waals surface area contributed by atoms with Crippen LogP contribution in [0.2, 0.25) is 0 Å². The van der Waals surface area contributed by atoms with Gasteiger partial charge in [-0.3, -0.25) is 4.79 Å². The Morgan fingerprint density at radius 1 is 1.37 bits per heavy atom. The van der Waals surface area contributed by atoms with Gasteiger partial charge in [0.25, 0.3) is 5.91 Å². The summed E-state index contributed by atoms with van der Waals surface area (Å²) in [5.41, 5.74) is 6.28. The molecule has 19 heavy (non-hydrogen) atoms. The van der Waals surface area contributed by atoms with Gasteiger partial charge in [0, 0.05) is 6.54 Å². The van der Waals surface area contributed by atoms with E-state index in [0.717, 1.165) is 0 Å². The third-order valence-electron chi connectivity index (χ3n) is 2.33. The number of nitrogens with two attached hydrogens (primary N) is 1. The number of para-hydroxylation sites is 1. The van der Waals surface area contributed by atoms with E-state index in [2.05, 4.69) is 26.1 Å². The standard InChI is InChI=1S/C14H20N2O2S/c1-14(2,3)9-16-12(17)8-18-11-7-5-4-6-10(11)13(15)19/h4-7H,8-9H2,1-3H3,(H2,15,19)(H,16,17). The van der Waals surface area contributed by atoms with Gasteiger partial charge in [-0.2, -0.15) is 0 Å². The van der Waals surface area contributed by atoms with Gasteiger partial charge in [-0.05, 0) is 17.5 Å². The maximum atomic E-state index is 11.6. The summed E-state index contributed by atoms with van der Waals surface area (Å²) in [7, 11) is 0. The molecule has 0 unspecified atom stereocenters. The predicted molar refractivity (Wildman–Crippen MR) is 80.3 cm³/mol. The van der Waals surface area contributed by atoms with E-state index < -0.39 is 0 Å². The molecule has 0 bridgehead atoms. The molecule has 0 aliphatic carbocycles. The van der Waals surface area contributed by atoms with Crippen LogP contribution in [0.15, 0.2) is 24.3 Å². The lowest BCUT2D eigenvalue weighted by atomic mass is 9.97. The summed E-state index contributed by atoms with van der Waals surface area (Å²) in [6, 6.07) is 7.14. The Kier molecular flexibility index (Phi) is 5.30. The molecule has 5 heteroatoms. The molecule has 0 atom stereocenters. The zero-order valence-electron chi connectivity index (χ0n) is 11.5. The number of nitrogens with one attached hydrogen (secondary N) is 1. The Bertz CT molecular complexity index is 467. The number of hydrogen-bond donors (Lipinski definition) is 2. The molecule has 0 aromatic heterocycles. The quantitative estimate of drug-likeness (QED) is 0.808. The Morgan fingerprint density at radius 2 is 2.00 bits per heavy atom. The van der Waals surface area contributed by atoms with Gasteiger partial charge in [0.2, 0.25) is 0 Å². The number of ether oxygens (including phenoxy) is 1.